The lowest BCUT2D eigenvalue weighted by atomic mass is 9.89. The van der Waals surface area contributed by atoms with Crippen LogP contribution in [0.4, 0.5) is 10.8 Å². The van der Waals surface area contributed by atoms with Gasteiger partial charge in [-0.1, -0.05) is 12.1 Å². The van der Waals surface area contributed by atoms with E-state index in [0.717, 1.165) is 29.8 Å². The van der Waals surface area contributed by atoms with Crippen LogP contribution in [0.3, 0.4) is 0 Å². The first-order chi connectivity index (χ1) is 14.3. The lowest BCUT2D eigenvalue weighted by Crippen LogP contribution is -2.35. The molecule has 1 aliphatic carbocycles. The quantitative estimate of drug-likeness (QED) is 0.576. The maximum Gasteiger partial charge on any atom is 0.236 e. The van der Waals surface area contributed by atoms with Crippen molar-refractivity contribution in [3.05, 3.63) is 53.4 Å². The summed E-state index contributed by atoms with van der Waals surface area (Å²) in [5, 5.41) is 5.61. The molecular weight excluding hydrogens is 418 g/mol. The molecule has 0 aliphatic heterocycles. The molecule has 0 spiro atoms. The zero-order valence-corrected chi connectivity index (χ0v) is 18.6. The van der Waals surface area contributed by atoms with Crippen molar-refractivity contribution >= 4 is 39.0 Å². The number of hydrogen-bond donors (Lipinski definition) is 2. The highest BCUT2D eigenvalue weighted by Crippen LogP contribution is 2.31. The van der Waals surface area contributed by atoms with E-state index in [1.54, 1.807) is 12.4 Å². The molecule has 0 radical (unpaired) electrons. The zero-order valence-electron chi connectivity index (χ0n) is 17.0. The van der Waals surface area contributed by atoms with Crippen LogP contribution in [-0.4, -0.2) is 30.3 Å². The van der Waals surface area contributed by atoms with Gasteiger partial charge in [0.05, 0.1) is 27.7 Å². The number of nitrogens with zero attached hydrogens (tertiary/aromatic N) is 3. The van der Waals surface area contributed by atoms with Gasteiger partial charge in [-0.25, -0.2) is 9.19 Å². The smallest absolute Gasteiger partial charge is 0.236 e. The van der Waals surface area contributed by atoms with Gasteiger partial charge < -0.3 is 5.32 Å². The van der Waals surface area contributed by atoms with E-state index in [1.165, 1.54) is 11.3 Å². The van der Waals surface area contributed by atoms with Gasteiger partial charge in [-0.3, -0.25) is 19.5 Å². The Morgan fingerprint density at radius 2 is 1.87 bits per heavy atom. The highest BCUT2D eigenvalue weighted by atomic mass is 32.2. The third kappa shape index (κ3) is 4.41. The lowest BCUT2D eigenvalue weighted by molar-refractivity contribution is -0.120. The molecule has 1 aliphatic rings. The van der Waals surface area contributed by atoms with Crippen molar-refractivity contribution in [2.45, 2.75) is 44.3 Å². The van der Waals surface area contributed by atoms with Crippen LogP contribution < -0.4 is 10.0 Å². The second-order valence-electron chi connectivity index (χ2n) is 7.78. The third-order valence-electron chi connectivity index (χ3n) is 5.02. The third-order valence-corrected chi connectivity index (χ3v) is 7.38. The Labute approximate surface area is 182 Å². The summed E-state index contributed by atoms with van der Waals surface area (Å²) >= 11 is 1.37. The summed E-state index contributed by atoms with van der Waals surface area (Å²) in [6.45, 7) is 5.57. The topological polar surface area (TPSA) is 96.9 Å². The molecule has 1 saturated carbocycles. The van der Waals surface area contributed by atoms with E-state index in [4.69, 9.17) is 0 Å². The lowest BCUT2D eigenvalue weighted by Gasteiger charge is -2.21. The number of thiazole rings is 1. The molecule has 7 nitrogen and oxygen atoms in total. The normalized spacial score (nSPS) is 14.9. The Balaban J connectivity index is 1.44. The summed E-state index contributed by atoms with van der Waals surface area (Å²) in [5.41, 5.74) is 3.12. The summed E-state index contributed by atoms with van der Waals surface area (Å²) < 4.78 is 15.0. The van der Waals surface area contributed by atoms with Gasteiger partial charge in [-0.05, 0) is 45.7 Å². The largest absolute Gasteiger partial charge is 0.325 e. The van der Waals surface area contributed by atoms with Crippen molar-refractivity contribution < 1.29 is 9.00 Å². The predicted molar refractivity (Wildman–Crippen MR) is 121 cm³/mol. The Morgan fingerprint density at radius 1 is 1.17 bits per heavy atom. The number of carbonyl (C=O) groups excluding carboxylic acids is 1. The molecule has 1 atom stereocenters. The Bertz CT molecular complexity index is 1090. The molecule has 4 rings (SSSR count). The van der Waals surface area contributed by atoms with Gasteiger partial charge >= 0.3 is 0 Å². The number of aryl methyl sites for hydroxylation is 1. The van der Waals surface area contributed by atoms with Crippen LogP contribution in [0.1, 0.15) is 38.1 Å². The average Bonchev–Trinajstić information content (AvgIpc) is 3.48. The summed E-state index contributed by atoms with van der Waals surface area (Å²) in [5.74, 6) is -0.161. The molecule has 1 unspecified atom stereocenters. The standard InChI is InChI=1S/C21H23N5O2S2/c1-13-18(23-11-10-22-13)14-4-6-15(7-5-14)24-19(27)21(2,3)17-12-29-20(25-17)26-30(28)16-8-9-16/h4-7,10-12,16H,8-9H2,1-3H3,(H,24,27)(H,25,26). The van der Waals surface area contributed by atoms with E-state index in [0.29, 0.717) is 16.5 Å². The molecule has 9 heteroatoms. The van der Waals surface area contributed by atoms with Crippen LogP contribution in [0.2, 0.25) is 0 Å². The van der Waals surface area contributed by atoms with Crippen LogP contribution >= 0.6 is 11.3 Å². The average molecular weight is 442 g/mol. The molecule has 1 fully saturated rings. The van der Waals surface area contributed by atoms with Crippen molar-refractivity contribution in [2.24, 2.45) is 0 Å². The first-order valence-corrected chi connectivity index (χ1v) is 11.8. The number of benzene rings is 1. The van der Waals surface area contributed by atoms with Gasteiger partial charge in [0.25, 0.3) is 0 Å². The molecule has 156 valence electrons. The molecule has 3 aromatic rings. The van der Waals surface area contributed by atoms with Gasteiger partial charge in [0.2, 0.25) is 5.91 Å². The first kappa shape index (κ1) is 20.6. The fraction of sp³-hybridized carbons (Fsp3) is 0.333. The van der Waals surface area contributed by atoms with E-state index in [1.807, 2.05) is 50.4 Å². The molecule has 2 heterocycles. The van der Waals surface area contributed by atoms with E-state index >= 15 is 0 Å². The maximum absolute atomic E-state index is 12.9. The Morgan fingerprint density at radius 3 is 2.53 bits per heavy atom. The number of anilines is 2. The minimum atomic E-state index is -1.10. The van der Waals surface area contributed by atoms with Crippen LogP contribution in [0.15, 0.2) is 42.0 Å². The van der Waals surface area contributed by atoms with E-state index < -0.39 is 16.4 Å². The highest BCUT2D eigenvalue weighted by Gasteiger charge is 2.33. The zero-order chi connectivity index (χ0) is 21.3. The molecule has 1 amide bonds. The summed E-state index contributed by atoms with van der Waals surface area (Å²) in [7, 11) is -1.10. The van der Waals surface area contributed by atoms with Gasteiger partial charge in [0.1, 0.15) is 11.0 Å². The molecular formula is C21H23N5O2S2. The number of hydrogen-bond acceptors (Lipinski definition) is 6. The van der Waals surface area contributed by atoms with Crippen LogP contribution in [-0.2, 0) is 21.2 Å². The molecule has 30 heavy (non-hydrogen) atoms. The molecule has 0 bridgehead atoms. The Hall–Kier alpha value is -2.65. The highest BCUT2D eigenvalue weighted by molar-refractivity contribution is 7.87. The van der Waals surface area contributed by atoms with E-state index in [2.05, 4.69) is 25.0 Å². The number of amides is 1. The maximum atomic E-state index is 12.9. The van der Waals surface area contributed by atoms with Crippen molar-refractivity contribution in [3.63, 3.8) is 0 Å². The van der Waals surface area contributed by atoms with Crippen LogP contribution in [0.5, 0.6) is 0 Å². The monoisotopic (exact) mass is 441 g/mol. The second kappa shape index (κ2) is 8.23. The second-order valence-corrected chi connectivity index (χ2v) is 10.1. The van der Waals surface area contributed by atoms with Crippen molar-refractivity contribution in [1.82, 2.24) is 15.0 Å². The number of nitrogens with one attached hydrogen (secondary N) is 2. The molecule has 1 aromatic carbocycles. The van der Waals surface area contributed by atoms with Gasteiger partial charge in [0, 0.05) is 29.0 Å². The molecule has 2 N–H and O–H groups in total. The summed E-state index contributed by atoms with van der Waals surface area (Å²) in [4.78, 5) is 26.1. The minimum absolute atomic E-state index is 0.161. The fourth-order valence-electron chi connectivity index (χ4n) is 2.87. The van der Waals surface area contributed by atoms with Crippen molar-refractivity contribution in [1.29, 1.82) is 0 Å². The van der Waals surface area contributed by atoms with Crippen molar-refractivity contribution in [3.8, 4) is 11.3 Å². The fourth-order valence-corrected chi connectivity index (χ4v) is 4.97. The number of carbonyl (C=O) groups is 1. The van der Waals surface area contributed by atoms with E-state index in [-0.39, 0.29) is 11.2 Å². The number of rotatable bonds is 7. The first-order valence-electron chi connectivity index (χ1n) is 9.67. The SMILES string of the molecule is Cc1nccnc1-c1ccc(NC(=O)C(C)(C)c2csc(NS(=O)C3CC3)n2)cc1. The van der Waals surface area contributed by atoms with Gasteiger partial charge in [0.15, 0.2) is 5.13 Å². The number of aromatic nitrogens is 3. The minimum Gasteiger partial charge on any atom is -0.325 e. The van der Waals surface area contributed by atoms with Crippen molar-refractivity contribution in [2.75, 3.05) is 10.0 Å². The van der Waals surface area contributed by atoms with E-state index in [9.17, 15) is 9.00 Å². The van der Waals surface area contributed by atoms with Crippen LogP contribution in [0, 0.1) is 6.92 Å². The molecule has 2 aromatic heterocycles. The summed E-state index contributed by atoms with van der Waals surface area (Å²) in [6, 6.07) is 7.53. The van der Waals surface area contributed by atoms with Gasteiger partial charge in [-0.2, -0.15) is 0 Å². The molecule has 0 saturated heterocycles. The predicted octanol–water partition coefficient (Wildman–Crippen LogP) is 4.06. The van der Waals surface area contributed by atoms with Gasteiger partial charge in [-0.15, -0.1) is 11.3 Å². The summed E-state index contributed by atoms with van der Waals surface area (Å²) in [6.07, 6.45) is 5.30. The van der Waals surface area contributed by atoms with Crippen LogP contribution in [0.25, 0.3) is 11.3 Å². The Kier molecular flexibility index (Phi) is 5.66.